The van der Waals surface area contributed by atoms with Crippen molar-refractivity contribution in [1.29, 1.82) is 0 Å². The van der Waals surface area contributed by atoms with E-state index < -0.39 is 0 Å². The molecule has 1 amide bonds. The van der Waals surface area contributed by atoms with Crippen molar-refractivity contribution in [2.24, 2.45) is 0 Å². The number of carbonyl (C=O) groups is 1. The second-order valence-electron chi connectivity index (χ2n) is 6.83. The first-order valence-corrected chi connectivity index (χ1v) is 11.5. The van der Waals surface area contributed by atoms with Crippen LogP contribution in [-0.2, 0) is 0 Å². The van der Waals surface area contributed by atoms with Gasteiger partial charge in [0.1, 0.15) is 21.7 Å². The number of ether oxygens (including phenoxy) is 2. The molecule has 0 saturated heterocycles. The smallest absolute Gasteiger partial charge is 0.261 e. The largest absolute Gasteiger partial charge is 0.495 e. The lowest BCUT2D eigenvalue weighted by Crippen LogP contribution is -2.37. The van der Waals surface area contributed by atoms with Gasteiger partial charge in [-0.2, -0.15) is 0 Å². The van der Waals surface area contributed by atoms with E-state index >= 15 is 0 Å². The molecule has 8 heteroatoms. The first kappa shape index (κ1) is 22.4. The first-order valence-electron chi connectivity index (χ1n) is 9.70. The van der Waals surface area contributed by atoms with Gasteiger partial charge in [0.25, 0.3) is 5.91 Å². The molecule has 2 aromatic carbocycles. The van der Waals surface area contributed by atoms with Crippen molar-refractivity contribution < 1.29 is 14.3 Å². The maximum atomic E-state index is 13.6. The highest BCUT2D eigenvalue weighted by Gasteiger charge is 2.25. The molecule has 3 rings (SSSR count). The third kappa shape index (κ3) is 4.71. The number of fused-ring (bicyclic) bond motifs is 1. The van der Waals surface area contributed by atoms with Gasteiger partial charge in [-0.05, 0) is 44.1 Å². The molecule has 0 fully saturated rings. The normalized spacial score (nSPS) is 11.1. The van der Waals surface area contributed by atoms with Gasteiger partial charge < -0.3 is 14.4 Å². The third-order valence-corrected chi connectivity index (χ3v) is 6.61. The molecule has 30 heavy (non-hydrogen) atoms. The Bertz CT molecular complexity index is 979. The van der Waals surface area contributed by atoms with Gasteiger partial charge in [0.15, 0.2) is 5.13 Å². The van der Waals surface area contributed by atoms with Crippen LogP contribution < -0.4 is 14.4 Å². The summed E-state index contributed by atoms with van der Waals surface area (Å²) >= 11 is 3.11. The number of hydrogen-bond donors (Lipinski definition) is 0. The molecular formula is C22H27N3O3S2. The van der Waals surface area contributed by atoms with E-state index in [0.717, 1.165) is 27.6 Å². The Morgan fingerprint density at radius 2 is 1.77 bits per heavy atom. The monoisotopic (exact) mass is 445 g/mol. The van der Waals surface area contributed by atoms with Crippen molar-refractivity contribution >= 4 is 44.4 Å². The summed E-state index contributed by atoms with van der Waals surface area (Å²) in [4.78, 5) is 23.2. The molecule has 0 spiro atoms. The summed E-state index contributed by atoms with van der Waals surface area (Å²) in [6, 6.07) is 11.5. The maximum absolute atomic E-state index is 13.6. The molecule has 3 aromatic rings. The molecule has 0 N–H and O–H groups in total. The summed E-state index contributed by atoms with van der Waals surface area (Å²) in [7, 11) is 7.24. The van der Waals surface area contributed by atoms with Gasteiger partial charge in [-0.25, -0.2) is 4.98 Å². The van der Waals surface area contributed by atoms with Crippen LogP contribution in [0.15, 0.2) is 41.3 Å². The minimum Gasteiger partial charge on any atom is -0.495 e. The Hall–Kier alpha value is -2.29. The second kappa shape index (κ2) is 10.1. The number of carbonyl (C=O) groups excluding carboxylic acids is 1. The maximum Gasteiger partial charge on any atom is 0.261 e. The molecule has 0 aliphatic rings. The highest BCUT2D eigenvalue weighted by molar-refractivity contribution is 7.99. The van der Waals surface area contributed by atoms with Crippen LogP contribution in [0.4, 0.5) is 5.13 Å². The topological polar surface area (TPSA) is 54.9 Å². The van der Waals surface area contributed by atoms with Gasteiger partial charge in [0.05, 0.1) is 19.8 Å². The number of likely N-dealkylation sites (N-methyl/N-ethyl adjacent to an activating group) is 1. The number of thioether (sulfide) groups is 1. The van der Waals surface area contributed by atoms with Gasteiger partial charge in [0.2, 0.25) is 0 Å². The molecule has 0 aliphatic carbocycles. The van der Waals surface area contributed by atoms with Gasteiger partial charge in [-0.3, -0.25) is 9.69 Å². The summed E-state index contributed by atoms with van der Waals surface area (Å²) in [5, 5.41) is 0.635. The molecule has 1 aromatic heterocycles. The van der Waals surface area contributed by atoms with Crippen molar-refractivity contribution in [2.75, 3.05) is 52.1 Å². The lowest BCUT2D eigenvalue weighted by atomic mass is 10.2. The van der Waals surface area contributed by atoms with Crippen LogP contribution in [0, 0.1) is 0 Å². The fourth-order valence-corrected chi connectivity index (χ4v) is 4.94. The Kier molecular flexibility index (Phi) is 7.58. The summed E-state index contributed by atoms with van der Waals surface area (Å²) in [5.41, 5.74) is 1.40. The molecule has 0 bridgehead atoms. The SMILES string of the molecule is CCSc1ccccc1C(=O)N(CCN(C)C)c1nc2c(OC)ccc(OC)c2s1. The quantitative estimate of drug-likeness (QED) is 0.448. The van der Waals surface area contributed by atoms with Crippen molar-refractivity contribution in [3.63, 3.8) is 0 Å². The molecule has 0 atom stereocenters. The Morgan fingerprint density at radius 3 is 2.43 bits per heavy atom. The number of anilines is 1. The lowest BCUT2D eigenvalue weighted by molar-refractivity contribution is 0.0982. The predicted molar refractivity (Wildman–Crippen MR) is 126 cm³/mol. The van der Waals surface area contributed by atoms with E-state index in [9.17, 15) is 4.79 Å². The fraction of sp³-hybridized carbons (Fsp3) is 0.364. The van der Waals surface area contributed by atoms with E-state index in [1.807, 2.05) is 50.5 Å². The van der Waals surface area contributed by atoms with E-state index in [4.69, 9.17) is 14.5 Å². The van der Waals surface area contributed by atoms with Crippen LogP contribution in [0.3, 0.4) is 0 Å². The zero-order valence-corrected chi connectivity index (χ0v) is 19.6. The fourth-order valence-electron chi connectivity index (χ4n) is 3.04. The van der Waals surface area contributed by atoms with E-state index in [1.165, 1.54) is 11.3 Å². The number of nitrogens with zero attached hydrogens (tertiary/aromatic N) is 3. The average Bonchev–Trinajstić information content (AvgIpc) is 3.18. The molecule has 1 heterocycles. The molecule has 160 valence electrons. The number of benzene rings is 2. The number of methoxy groups -OCH3 is 2. The molecule has 0 aliphatic heterocycles. The third-order valence-electron chi connectivity index (χ3n) is 4.56. The number of hydrogen-bond acceptors (Lipinski definition) is 7. The Labute approximate surface area is 185 Å². The van der Waals surface area contributed by atoms with E-state index in [2.05, 4.69) is 11.8 Å². The molecule has 0 saturated carbocycles. The minimum absolute atomic E-state index is 0.0506. The van der Waals surface area contributed by atoms with E-state index in [0.29, 0.717) is 28.5 Å². The van der Waals surface area contributed by atoms with Crippen LogP contribution in [0.2, 0.25) is 0 Å². The molecule has 6 nitrogen and oxygen atoms in total. The highest BCUT2D eigenvalue weighted by atomic mass is 32.2. The Balaban J connectivity index is 2.09. The predicted octanol–water partition coefficient (Wildman–Crippen LogP) is 4.63. The Morgan fingerprint density at radius 1 is 1.07 bits per heavy atom. The van der Waals surface area contributed by atoms with Gasteiger partial charge in [-0.1, -0.05) is 30.4 Å². The highest BCUT2D eigenvalue weighted by Crippen LogP contribution is 2.40. The first-order chi connectivity index (χ1) is 14.5. The van der Waals surface area contributed by atoms with Crippen LogP contribution in [0.5, 0.6) is 11.5 Å². The lowest BCUT2D eigenvalue weighted by Gasteiger charge is -2.23. The molecular weight excluding hydrogens is 418 g/mol. The van der Waals surface area contributed by atoms with E-state index in [1.54, 1.807) is 30.9 Å². The number of aromatic nitrogens is 1. The van der Waals surface area contributed by atoms with Crippen molar-refractivity contribution in [1.82, 2.24) is 9.88 Å². The summed E-state index contributed by atoms with van der Waals surface area (Å²) in [6.45, 7) is 3.34. The summed E-state index contributed by atoms with van der Waals surface area (Å²) in [6.07, 6.45) is 0. The minimum atomic E-state index is -0.0506. The number of amides is 1. The van der Waals surface area contributed by atoms with Gasteiger partial charge in [0, 0.05) is 18.0 Å². The molecule has 0 unspecified atom stereocenters. The van der Waals surface area contributed by atoms with E-state index in [-0.39, 0.29) is 5.91 Å². The van der Waals surface area contributed by atoms with Crippen LogP contribution in [0.1, 0.15) is 17.3 Å². The number of rotatable bonds is 9. The van der Waals surface area contributed by atoms with Gasteiger partial charge in [-0.15, -0.1) is 11.8 Å². The van der Waals surface area contributed by atoms with Gasteiger partial charge >= 0.3 is 0 Å². The van der Waals surface area contributed by atoms with Crippen LogP contribution >= 0.6 is 23.1 Å². The number of thiazole rings is 1. The zero-order valence-electron chi connectivity index (χ0n) is 18.0. The summed E-state index contributed by atoms with van der Waals surface area (Å²) < 4.78 is 11.9. The summed E-state index contributed by atoms with van der Waals surface area (Å²) in [5.74, 6) is 2.23. The standard InChI is InChI=1S/C22H27N3O3S2/c1-6-29-18-10-8-7-9-15(18)21(26)25(14-13-24(2)3)22-23-19-16(27-4)11-12-17(28-5)20(19)30-22/h7-12H,6,13-14H2,1-5H3. The van der Waals surface area contributed by atoms with Crippen LogP contribution in [0.25, 0.3) is 10.2 Å². The van der Waals surface area contributed by atoms with Crippen LogP contribution in [-0.4, -0.2) is 62.9 Å². The van der Waals surface area contributed by atoms with Crippen molar-refractivity contribution in [2.45, 2.75) is 11.8 Å². The van der Waals surface area contributed by atoms with Crippen molar-refractivity contribution in [3.8, 4) is 11.5 Å². The zero-order chi connectivity index (χ0) is 21.7. The molecule has 0 radical (unpaired) electrons. The average molecular weight is 446 g/mol. The second-order valence-corrected chi connectivity index (χ2v) is 9.12. The van der Waals surface area contributed by atoms with Crippen molar-refractivity contribution in [3.05, 3.63) is 42.0 Å².